The molecule has 1 aliphatic rings. The fraction of sp³-hybridized carbons (Fsp3) is 0.444. The number of carboxylic acids is 1. The highest BCUT2D eigenvalue weighted by Crippen LogP contribution is 2.27. The summed E-state index contributed by atoms with van der Waals surface area (Å²) < 4.78 is 26.4. The van der Waals surface area contributed by atoms with Crippen LogP contribution in [0.2, 0.25) is 0 Å². The van der Waals surface area contributed by atoms with Gasteiger partial charge in [0.2, 0.25) is 0 Å². The molecule has 26 heavy (non-hydrogen) atoms. The van der Waals surface area contributed by atoms with Crippen molar-refractivity contribution in [2.24, 2.45) is 0 Å². The molecule has 1 N–H and O–H groups in total. The number of sulfone groups is 1. The van der Waals surface area contributed by atoms with Crippen molar-refractivity contribution < 1.29 is 18.3 Å². The van der Waals surface area contributed by atoms with E-state index in [2.05, 4.69) is 10.00 Å². The first-order chi connectivity index (χ1) is 12.5. The van der Waals surface area contributed by atoms with Gasteiger partial charge in [0.05, 0.1) is 10.6 Å². The first-order valence-corrected chi connectivity index (χ1v) is 10.3. The molecule has 140 valence electrons. The zero-order valence-corrected chi connectivity index (χ0v) is 15.3. The molecule has 1 unspecified atom stereocenters. The van der Waals surface area contributed by atoms with E-state index >= 15 is 0 Å². The fourth-order valence-corrected chi connectivity index (χ4v) is 4.75. The summed E-state index contributed by atoms with van der Waals surface area (Å²) in [6.45, 7) is 1.89. The predicted octanol–water partition coefficient (Wildman–Crippen LogP) is 1.62. The fourth-order valence-electron chi connectivity index (χ4n) is 3.44. The van der Waals surface area contributed by atoms with Crippen molar-refractivity contribution in [2.45, 2.75) is 30.2 Å². The van der Waals surface area contributed by atoms with Crippen LogP contribution in [0, 0.1) is 0 Å². The minimum Gasteiger partial charge on any atom is -0.480 e. The Balaban J connectivity index is 1.63. The summed E-state index contributed by atoms with van der Waals surface area (Å²) in [5.74, 6) is -0.667. The lowest BCUT2D eigenvalue weighted by Crippen LogP contribution is -2.38. The molecule has 1 atom stereocenters. The number of benzene rings is 1. The number of likely N-dealkylation sites (tertiary alicyclic amines) is 1. The molecule has 0 saturated carbocycles. The number of aliphatic carboxylic acids is 1. The number of nitrogens with zero attached hydrogens (tertiary/aromatic N) is 3. The van der Waals surface area contributed by atoms with Crippen LogP contribution in [0.25, 0.3) is 0 Å². The number of hydrogen-bond donors (Lipinski definition) is 1. The lowest BCUT2D eigenvalue weighted by Gasteiger charge is -2.32. The van der Waals surface area contributed by atoms with Crippen molar-refractivity contribution in [2.75, 3.05) is 25.4 Å². The molecule has 0 spiro atoms. The third kappa shape index (κ3) is 4.50. The Morgan fingerprint density at radius 1 is 1.23 bits per heavy atom. The highest BCUT2D eigenvalue weighted by molar-refractivity contribution is 7.91. The standard InChI is InChI=1S/C18H23N3O4S/c22-18(23)14-21-17(8-9-19-21)15-5-4-10-20(13-15)11-12-26(24,25)16-6-2-1-3-7-16/h1-3,6-9,15H,4-5,10-14H2,(H,22,23). The minimum atomic E-state index is -3.29. The Morgan fingerprint density at radius 2 is 2.00 bits per heavy atom. The average Bonchev–Trinajstić information content (AvgIpc) is 3.08. The number of carbonyl (C=O) groups is 1. The van der Waals surface area contributed by atoms with Gasteiger partial charge >= 0.3 is 5.97 Å². The lowest BCUT2D eigenvalue weighted by molar-refractivity contribution is -0.137. The number of aromatic nitrogens is 2. The maximum Gasteiger partial charge on any atom is 0.325 e. The first kappa shape index (κ1) is 18.6. The second-order valence-electron chi connectivity index (χ2n) is 6.58. The van der Waals surface area contributed by atoms with Gasteiger partial charge in [0.1, 0.15) is 6.54 Å². The summed E-state index contributed by atoms with van der Waals surface area (Å²) in [5, 5.41) is 13.1. The molecule has 1 saturated heterocycles. The van der Waals surface area contributed by atoms with Crippen LogP contribution in [0.5, 0.6) is 0 Å². The van der Waals surface area contributed by atoms with Crippen molar-refractivity contribution in [3.63, 3.8) is 0 Å². The second kappa shape index (κ2) is 8.01. The summed E-state index contributed by atoms with van der Waals surface area (Å²) >= 11 is 0. The second-order valence-corrected chi connectivity index (χ2v) is 8.69. The summed E-state index contributed by atoms with van der Waals surface area (Å²) in [5.41, 5.74) is 0.906. The van der Waals surface area contributed by atoms with Gasteiger partial charge in [-0.1, -0.05) is 18.2 Å². The minimum absolute atomic E-state index is 0.0815. The zero-order chi connectivity index (χ0) is 18.6. The van der Waals surface area contributed by atoms with Gasteiger partial charge in [-0.15, -0.1) is 0 Å². The number of carboxylic acid groups (broad SMARTS) is 1. The van der Waals surface area contributed by atoms with Crippen molar-refractivity contribution in [1.82, 2.24) is 14.7 Å². The maximum absolute atomic E-state index is 12.5. The Labute approximate surface area is 153 Å². The van der Waals surface area contributed by atoms with Gasteiger partial charge in [-0.3, -0.25) is 9.48 Å². The van der Waals surface area contributed by atoms with E-state index in [-0.39, 0.29) is 18.2 Å². The van der Waals surface area contributed by atoms with Crippen LogP contribution in [-0.2, 0) is 21.2 Å². The number of hydrogen-bond acceptors (Lipinski definition) is 5. The van der Waals surface area contributed by atoms with E-state index in [1.165, 1.54) is 4.68 Å². The molecular formula is C18H23N3O4S. The van der Waals surface area contributed by atoms with E-state index in [4.69, 9.17) is 5.11 Å². The highest BCUT2D eigenvalue weighted by Gasteiger charge is 2.25. The maximum atomic E-state index is 12.5. The van der Waals surface area contributed by atoms with Crippen molar-refractivity contribution in [1.29, 1.82) is 0 Å². The van der Waals surface area contributed by atoms with E-state index in [0.29, 0.717) is 11.4 Å². The molecule has 0 aliphatic carbocycles. The largest absolute Gasteiger partial charge is 0.480 e. The van der Waals surface area contributed by atoms with Crippen molar-refractivity contribution in [3.8, 4) is 0 Å². The SMILES string of the molecule is O=C(O)Cn1nccc1C1CCCN(CCS(=O)(=O)c2ccccc2)C1. The molecule has 0 bridgehead atoms. The predicted molar refractivity (Wildman–Crippen MR) is 96.8 cm³/mol. The Kier molecular flexibility index (Phi) is 5.73. The Hall–Kier alpha value is -2.19. The van der Waals surface area contributed by atoms with Gasteiger partial charge in [0, 0.05) is 30.9 Å². The third-order valence-corrected chi connectivity index (χ3v) is 6.45. The van der Waals surface area contributed by atoms with E-state index in [1.54, 1.807) is 36.5 Å². The average molecular weight is 377 g/mol. The first-order valence-electron chi connectivity index (χ1n) is 8.69. The molecule has 0 radical (unpaired) electrons. The number of piperidine rings is 1. The van der Waals surface area contributed by atoms with E-state index < -0.39 is 15.8 Å². The highest BCUT2D eigenvalue weighted by atomic mass is 32.2. The summed E-state index contributed by atoms with van der Waals surface area (Å²) in [6, 6.07) is 10.4. The van der Waals surface area contributed by atoms with Crippen molar-refractivity contribution >= 4 is 15.8 Å². The van der Waals surface area contributed by atoms with Crippen LogP contribution in [0.4, 0.5) is 0 Å². The molecule has 2 heterocycles. The zero-order valence-electron chi connectivity index (χ0n) is 14.5. The van der Waals surface area contributed by atoms with Gasteiger partial charge in [-0.2, -0.15) is 5.10 Å². The Morgan fingerprint density at radius 3 is 2.73 bits per heavy atom. The summed E-state index contributed by atoms with van der Waals surface area (Å²) in [7, 11) is -3.29. The van der Waals surface area contributed by atoms with E-state index in [9.17, 15) is 13.2 Å². The third-order valence-electron chi connectivity index (χ3n) is 4.74. The summed E-state index contributed by atoms with van der Waals surface area (Å²) in [4.78, 5) is 13.5. The molecule has 3 rings (SSSR count). The molecule has 7 nitrogen and oxygen atoms in total. The molecule has 1 fully saturated rings. The summed E-state index contributed by atoms with van der Waals surface area (Å²) in [6.07, 6.45) is 3.53. The van der Waals surface area contributed by atoms with Crippen molar-refractivity contribution in [3.05, 3.63) is 48.3 Å². The topological polar surface area (TPSA) is 92.5 Å². The molecule has 1 aromatic carbocycles. The van der Waals surface area contributed by atoms with Gasteiger partial charge in [0.25, 0.3) is 0 Å². The number of rotatable bonds is 7. The van der Waals surface area contributed by atoms with Gasteiger partial charge < -0.3 is 10.0 Å². The lowest BCUT2D eigenvalue weighted by atomic mass is 9.94. The van der Waals surface area contributed by atoms with Gasteiger partial charge in [0.15, 0.2) is 9.84 Å². The van der Waals surface area contributed by atoms with Crippen LogP contribution in [0.1, 0.15) is 24.5 Å². The van der Waals surface area contributed by atoms with Crippen LogP contribution >= 0.6 is 0 Å². The molecular weight excluding hydrogens is 354 g/mol. The van der Waals surface area contributed by atoms with E-state index in [0.717, 1.165) is 31.6 Å². The normalized spacial score (nSPS) is 18.7. The quantitative estimate of drug-likeness (QED) is 0.788. The van der Waals surface area contributed by atoms with Crippen LogP contribution in [0.15, 0.2) is 47.5 Å². The van der Waals surface area contributed by atoms with Gasteiger partial charge in [-0.05, 0) is 37.6 Å². The van der Waals surface area contributed by atoms with E-state index in [1.807, 2.05) is 6.07 Å². The smallest absolute Gasteiger partial charge is 0.325 e. The van der Waals surface area contributed by atoms with Crippen LogP contribution < -0.4 is 0 Å². The van der Waals surface area contributed by atoms with Crippen LogP contribution in [-0.4, -0.2) is 59.6 Å². The molecule has 2 aromatic rings. The molecule has 8 heteroatoms. The molecule has 1 aromatic heterocycles. The van der Waals surface area contributed by atoms with Gasteiger partial charge in [-0.25, -0.2) is 8.42 Å². The molecule has 0 amide bonds. The monoisotopic (exact) mass is 377 g/mol. The van der Waals surface area contributed by atoms with Crippen LogP contribution in [0.3, 0.4) is 0 Å². The molecule has 1 aliphatic heterocycles. The Bertz CT molecular complexity index is 848.